The maximum atomic E-state index is 11.9. The number of nitrogens with one attached hydrogen (secondary N) is 1. The van der Waals surface area contributed by atoms with Gasteiger partial charge < -0.3 is 14.6 Å². The summed E-state index contributed by atoms with van der Waals surface area (Å²) in [5, 5.41) is 3.96. The van der Waals surface area contributed by atoms with E-state index in [4.69, 9.17) is 4.74 Å². The summed E-state index contributed by atoms with van der Waals surface area (Å²) in [5.74, 6) is 1.72. The molecule has 0 unspecified atom stereocenters. The van der Waals surface area contributed by atoms with Crippen molar-refractivity contribution in [2.75, 3.05) is 11.9 Å². The second-order valence-corrected chi connectivity index (χ2v) is 6.41. The van der Waals surface area contributed by atoms with Gasteiger partial charge in [-0.25, -0.2) is 4.98 Å². The van der Waals surface area contributed by atoms with Gasteiger partial charge >= 0.3 is 0 Å². The topological polar surface area (TPSA) is 56.1 Å². The SMILES string of the molecule is CCOc1ccccc1-c1cc2cc(NC(=O)C3CC3)ncc2n1C. The highest BCUT2D eigenvalue weighted by atomic mass is 16.5. The number of aromatic nitrogens is 2. The summed E-state index contributed by atoms with van der Waals surface area (Å²) in [6, 6.07) is 12.1. The van der Waals surface area contributed by atoms with Crippen molar-refractivity contribution >= 4 is 22.6 Å². The smallest absolute Gasteiger partial charge is 0.228 e. The highest BCUT2D eigenvalue weighted by molar-refractivity contribution is 5.96. The quantitative estimate of drug-likeness (QED) is 0.767. The summed E-state index contributed by atoms with van der Waals surface area (Å²) in [7, 11) is 2.02. The molecule has 128 valence electrons. The Bertz CT molecular complexity index is 941. The molecule has 1 aliphatic rings. The standard InChI is InChI=1S/C20H21N3O2/c1-3-25-18-7-5-4-6-15(18)16-10-14-11-19(21-12-17(14)23(16)2)22-20(24)13-8-9-13/h4-7,10-13H,3,8-9H2,1-2H3,(H,21,22,24). The predicted molar refractivity (Wildman–Crippen MR) is 98.7 cm³/mol. The number of benzene rings is 1. The molecule has 1 aliphatic carbocycles. The second-order valence-electron chi connectivity index (χ2n) is 6.41. The van der Waals surface area contributed by atoms with Crippen LogP contribution in [0.3, 0.4) is 0 Å². The molecule has 1 fully saturated rings. The lowest BCUT2D eigenvalue weighted by molar-refractivity contribution is -0.117. The number of carbonyl (C=O) groups excluding carboxylic acids is 1. The number of anilines is 1. The van der Waals surface area contributed by atoms with E-state index in [0.717, 1.165) is 40.8 Å². The molecule has 2 aromatic heterocycles. The molecule has 1 N–H and O–H groups in total. The summed E-state index contributed by atoms with van der Waals surface area (Å²) in [4.78, 5) is 16.3. The Hall–Kier alpha value is -2.82. The highest BCUT2D eigenvalue weighted by Crippen LogP contribution is 2.34. The van der Waals surface area contributed by atoms with E-state index in [9.17, 15) is 4.79 Å². The molecule has 1 amide bonds. The Balaban J connectivity index is 1.73. The number of pyridine rings is 1. The fourth-order valence-corrected chi connectivity index (χ4v) is 3.09. The van der Waals surface area contributed by atoms with E-state index >= 15 is 0 Å². The molecule has 1 aromatic carbocycles. The third kappa shape index (κ3) is 2.97. The van der Waals surface area contributed by atoms with E-state index in [0.29, 0.717) is 12.4 Å². The molecular weight excluding hydrogens is 314 g/mol. The second kappa shape index (κ2) is 6.24. The lowest BCUT2D eigenvalue weighted by Gasteiger charge is -2.11. The molecule has 0 spiro atoms. The zero-order chi connectivity index (χ0) is 17.4. The molecule has 0 saturated heterocycles. The fraction of sp³-hybridized carbons (Fsp3) is 0.300. The van der Waals surface area contributed by atoms with Crippen LogP contribution in [0, 0.1) is 5.92 Å². The minimum atomic E-state index is 0.0738. The summed E-state index contributed by atoms with van der Waals surface area (Å²) in [6.45, 7) is 2.61. The van der Waals surface area contributed by atoms with Crippen LogP contribution in [-0.4, -0.2) is 22.1 Å². The predicted octanol–water partition coefficient (Wildman–Crippen LogP) is 3.99. The van der Waals surface area contributed by atoms with Crippen molar-refractivity contribution in [1.82, 2.24) is 9.55 Å². The van der Waals surface area contributed by atoms with E-state index in [-0.39, 0.29) is 11.8 Å². The number of amides is 1. The Morgan fingerprint density at radius 2 is 2.12 bits per heavy atom. The Morgan fingerprint density at radius 3 is 2.88 bits per heavy atom. The number of carbonyl (C=O) groups is 1. The number of nitrogens with zero attached hydrogens (tertiary/aromatic N) is 2. The van der Waals surface area contributed by atoms with Crippen LogP contribution in [0.2, 0.25) is 0 Å². The van der Waals surface area contributed by atoms with Gasteiger partial charge in [0.05, 0.1) is 24.0 Å². The summed E-state index contributed by atoms with van der Waals surface area (Å²) in [6.07, 6.45) is 3.78. The van der Waals surface area contributed by atoms with Gasteiger partial charge in [0.15, 0.2) is 0 Å². The van der Waals surface area contributed by atoms with Gasteiger partial charge in [0, 0.05) is 23.9 Å². The largest absolute Gasteiger partial charge is 0.493 e. The van der Waals surface area contributed by atoms with Gasteiger partial charge in [-0.1, -0.05) is 12.1 Å². The lowest BCUT2D eigenvalue weighted by Crippen LogP contribution is -2.14. The molecule has 1 saturated carbocycles. The minimum Gasteiger partial charge on any atom is -0.493 e. The van der Waals surface area contributed by atoms with Crippen LogP contribution < -0.4 is 10.1 Å². The van der Waals surface area contributed by atoms with Crippen molar-refractivity contribution < 1.29 is 9.53 Å². The molecule has 0 atom stereocenters. The molecule has 25 heavy (non-hydrogen) atoms. The molecule has 0 radical (unpaired) electrons. The lowest BCUT2D eigenvalue weighted by atomic mass is 10.1. The van der Waals surface area contributed by atoms with Gasteiger partial charge in [0.1, 0.15) is 11.6 Å². The third-order valence-electron chi connectivity index (χ3n) is 4.59. The minimum absolute atomic E-state index is 0.0738. The molecule has 5 nitrogen and oxygen atoms in total. The zero-order valence-corrected chi connectivity index (χ0v) is 14.5. The van der Waals surface area contributed by atoms with E-state index in [1.807, 2.05) is 44.4 Å². The molecule has 2 heterocycles. The number of hydrogen-bond acceptors (Lipinski definition) is 3. The molecule has 0 bridgehead atoms. The first kappa shape index (κ1) is 15.7. The van der Waals surface area contributed by atoms with Crippen LogP contribution in [0.15, 0.2) is 42.6 Å². The van der Waals surface area contributed by atoms with Crippen LogP contribution >= 0.6 is 0 Å². The first-order valence-electron chi connectivity index (χ1n) is 8.66. The number of ether oxygens (including phenoxy) is 1. The summed E-state index contributed by atoms with van der Waals surface area (Å²) < 4.78 is 7.87. The van der Waals surface area contributed by atoms with Gasteiger partial charge in [0.25, 0.3) is 0 Å². The Kier molecular flexibility index (Phi) is 3.92. The van der Waals surface area contributed by atoms with Crippen molar-refractivity contribution in [1.29, 1.82) is 0 Å². The molecule has 4 rings (SSSR count). The maximum absolute atomic E-state index is 11.9. The van der Waals surface area contributed by atoms with Gasteiger partial charge in [-0.05, 0) is 44.0 Å². The number of fused-ring (bicyclic) bond motifs is 1. The number of hydrogen-bond donors (Lipinski definition) is 1. The Morgan fingerprint density at radius 1 is 1.32 bits per heavy atom. The van der Waals surface area contributed by atoms with Crippen LogP contribution in [-0.2, 0) is 11.8 Å². The van der Waals surface area contributed by atoms with Crippen molar-refractivity contribution in [3.63, 3.8) is 0 Å². The number of para-hydroxylation sites is 1. The molecule has 0 aliphatic heterocycles. The van der Waals surface area contributed by atoms with Gasteiger partial charge in [-0.15, -0.1) is 0 Å². The monoisotopic (exact) mass is 335 g/mol. The van der Waals surface area contributed by atoms with E-state index in [1.165, 1.54) is 0 Å². The van der Waals surface area contributed by atoms with Crippen LogP contribution in [0.1, 0.15) is 19.8 Å². The van der Waals surface area contributed by atoms with Crippen molar-refractivity contribution in [3.8, 4) is 17.0 Å². The zero-order valence-electron chi connectivity index (χ0n) is 14.5. The van der Waals surface area contributed by atoms with Gasteiger partial charge in [-0.2, -0.15) is 0 Å². The van der Waals surface area contributed by atoms with Crippen molar-refractivity contribution in [2.24, 2.45) is 13.0 Å². The van der Waals surface area contributed by atoms with Crippen LogP contribution in [0.4, 0.5) is 5.82 Å². The van der Waals surface area contributed by atoms with Crippen molar-refractivity contribution in [3.05, 3.63) is 42.6 Å². The first-order chi connectivity index (χ1) is 12.2. The normalized spacial score (nSPS) is 13.8. The van der Waals surface area contributed by atoms with Crippen molar-refractivity contribution in [2.45, 2.75) is 19.8 Å². The molecule has 3 aromatic rings. The Labute approximate surface area is 146 Å². The van der Waals surface area contributed by atoms with Gasteiger partial charge in [-0.3, -0.25) is 4.79 Å². The average Bonchev–Trinajstić information content (AvgIpc) is 3.41. The van der Waals surface area contributed by atoms with Crippen LogP contribution in [0.25, 0.3) is 22.2 Å². The summed E-state index contributed by atoms with van der Waals surface area (Å²) in [5.41, 5.74) is 3.13. The summed E-state index contributed by atoms with van der Waals surface area (Å²) >= 11 is 0. The van der Waals surface area contributed by atoms with E-state index < -0.39 is 0 Å². The van der Waals surface area contributed by atoms with E-state index in [2.05, 4.69) is 27.0 Å². The fourth-order valence-electron chi connectivity index (χ4n) is 3.09. The van der Waals surface area contributed by atoms with Gasteiger partial charge in [0.2, 0.25) is 5.91 Å². The van der Waals surface area contributed by atoms with E-state index in [1.54, 1.807) is 0 Å². The first-order valence-corrected chi connectivity index (χ1v) is 8.66. The molecular formula is C20H21N3O2. The molecule has 5 heteroatoms. The maximum Gasteiger partial charge on any atom is 0.228 e. The van der Waals surface area contributed by atoms with Crippen LogP contribution in [0.5, 0.6) is 5.75 Å². The number of aryl methyl sites for hydroxylation is 1. The highest BCUT2D eigenvalue weighted by Gasteiger charge is 2.29. The number of rotatable bonds is 5. The third-order valence-corrected chi connectivity index (χ3v) is 4.59. The average molecular weight is 335 g/mol.